The van der Waals surface area contributed by atoms with Crippen LogP contribution in [0.25, 0.3) is 0 Å². The van der Waals surface area contributed by atoms with E-state index < -0.39 is 0 Å². The Morgan fingerprint density at radius 3 is 2.15 bits per heavy atom. The molecule has 0 spiro atoms. The Labute approximate surface area is 79.9 Å². The van der Waals surface area contributed by atoms with Crippen molar-refractivity contribution in [2.45, 2.75) is 47.1 Å². The minimum absolute atomic E-state index is 0.0212. The number of allylic oxidation sites excluding steroid dienone is 2. The van der Waals surface area contributed by atoms with Crippen molar-refractivity contribution in [3.63, 3.8) is 0 Å². The normalized spacial score (nSPS) is 13.0. The molecule has 0 amide bonds. The van der Waals surface area contributed by atoms with E-state index in [2.05, 4.69) is 10.2 Å². The molecule has 3 nitrogen and oxygen atoms in total. The summed E-state index contributed by atoms with van der Waals surface area (Å²) in [6, 6.07) is 0.189. The number of hydrogen-bond donors (Lipinski definition) is 0. The second kappa shape index (κ2) is 5.62. The van der Waals surface area contributed by atoms with Crippen molar-refractivity contribution in [2.24, 2.45) is 10.2 Å². The maximum absolute atomic E-state index is 11.1. The highest BCUT2D eigenvalue weighted by Crippen LogP contribution is 2.08. The van der Waals surface area contributed by atoms with Gasteiger partial charge in [0.25, 0.3) is 0 Å². The van der Waals surface area contributed by atoms with Gasteiger partial charge in [0.1, 0.15) is 5.70 Å². The zero-order valence-electron chi connectivity index (χ0n) is 9.09. The summed E-state index contributed by atoms with van der Waals surface area (Å²) in [4.78, 5) is 11.1. The number of carbonyl (C=O) groups excluding carboxylic acids is 1. The van der Waals surface area contributed by atoms with Crippen molar-refractivity contribution >= 4 is 5.78 Å². The number of carbonyl (C=O) groups is 1. The van der Waals surface area contributed by atoms with Crippen LogP contribution in [0.1, 0.15) is 41.0 Å². The summed E-state index contributed by atoms with van der Waals surface area (Å²) < 4.78 is 0. The first-order valence-electron chi connectivity index (χ1n) is 4.58. The van der Waals surface area contributed by atoms with Crippen LogP contribution in [0.5, 0.6) is 0 Å². The summed E-state index contributed by atoms with van der Waals surface area (Å²) in [6.07, 6.45) is 0.942. The van der Waals surface area contributed by atoms with Crippen LogP contribution in [0.4, 0.5) is 0 Å². The SMILES string of the molecule is CCC(C)N=NC(C(C)=O)=C(C)C. The number of Topliss-reactive ketones (excluding diaryl/α,β-unsaturated/α-hetero) is 1. The smallest absolute Gasteiger partial charge is 0.179 e. The Balaban J connectivity index is 4.56. The van der Waals surface area contributed by atoms with Gasteiger partial charge in [-0.15, -0.1) is 0 Å². The molecular weight excluding hydrogens is 164 g/mol. The Morgan fingerprint density at radius 2 is 1.85 bits per heavy atom. The van der Waals surface area contributed by atoms with Crippen LogP contribution in [0.15, 0.2) is 21.5 Å². The van der Waals surface area contributed by atoms with Crippen LogP contribution < -0.4 is 0 Å². The summed E-state index contributed by atoms with van der Waals surface area (Å²) >= 11 is 0. The van der Waals surface area contributed by atoms with Gasteiger partial charge in [-0.3, -0.25) is 4.79 Å². The number of nitrogens with zero attached hydrogens (tertiary/aromatic N) is 2. The lowest BCUT2D eigenvalue weighted by Crippen LogP contribution is -1.98. The molecule has 3 heteroatoms. The lowest BCUT2D eigenvalue weighted by Gasteiger charge is -2.01. The highest BCUT2D eigenvalue weighted by atomic mass is 16.1. The van der Waals surface area contributed by atoms with Crippen molar-refractivity contribution in [3.05, 3.63) is 11.3 Å². The van der Waals surface area contributed by atoms with Crippen LogP contribution >= 0.6 is 0 Å². The van der Waals surface area contributed by atoms with Crippen LogP contribution in [0.2, 0.25) is 0 Å². The van der Waals surface area contributed by atoms with Crippen molar-refractivity contribution in [1.82, 2.24) is 0 Å². The molecule has 0 heterocycles. The first-order chi connectivity index (χ1) is 5.99. The third-order valence-corrected chi connectivity index (χ3v) is 1.75. The number of hydrogen-bond acceptors (Lipinski definition) is 3. The molecule has 1 atom stereocenters. The lowest BCUT2D eigenvalue weighted by molar-refractivity contribution is -0.113. The Hall–Kier alpha value is -0.990. The predicted octanol–water partition coefficient (Wildman–Crippen LogP) is 3.12. The quantitative estimate of drug-likeness (QED) is 0.486. The summed E-state index contributed by atoms with van der Waals surface area (Å²) in [7, 11) is 0. The zero-order valence-corrected chi connectivity index (χ0v) is 9.09. The van der Waals surface area contributed by atoms with E-state index in [0.717, 1.165) is 12.0 Å². The van der Waals surface area contributed by atoms with Crippen molar-refractivity contribution < 1.29 is 4.79 Å². The molecule has 0 radical (unpaired) electrons. The summed E-state index contributed by atoms with van der Waals surface area (Å²) in [5.41, 5.74) is 1.40. The highest BCUT2D eigenvalue weighted by molar-refractivity contribution is 5.93. The average molecular weight is 182 g/mol. The van der Waals surface area contributed by atoms with Gasteiger partial charge in [-0.2, -0.15) is 10.2 Å². The molecule has 0 aromatic rings. The molecule has 0 saturated carbocycles. The summed E-state index contributed by atoms with van der Waals surface area (Å²) in [5.74, 6) is -0.0212. The minimum atomic E-state index is -0.0212. The van der Waals surface area contributed by atoms with E-state index in [1.54, 1.807) is 0 Å². The molecule has 0 aromatic heterocycles. The molecule has 0 fully saturated rings. The van der Waals surface area contributed by atoms with E-state index in [1.165, 1.54) is 6.92 Å². The average Bonchev–Trinajstić information content (AvgIpc) is 2.03. The molecule has 0 aliphatic carbocycles. The van der Waals surface area contributed by atoms with Gasteiger partial charge in [0, 0.05) is 6.92 Å². The Morgan fingerprint density at radius 1 is 1.31 bits per heavy atom. The number of azo groups is 1. The number of ketones is 1. The molecular formula is C10H18N2O. The molecule has 0 aliphatic heterocycles. The molecule has 0 aliphatic rings. The fourth-order valence-electron chi connectivity index (χ4n) is 0.760. The van der Waals surface area contributed by atoms with Crippen LogP contribution in [-0.2, 0) is 4.79 Å². The van der Waals surface area contributed by atoms with Crippen LogP contribution in [0.3, 0.4) is 0 Å². The molecule has 0 N–H and O–H groups in total. The molecule has 0 rings (SSSR count). The lowest BCUT2D eigenvalue weighted by atomic mass is 10.2. The molecule has 0 aromatic carbocycles. The van der Waals surface area contributed by atoms with Gasteiger partial charge in [0.05, 0.1) is 6.04 Å². The van der Waals surface area contributed by atoms with E-state index >= 15 is 0 Å². The van der Waals surface area contributed by atoms with Crippen molar-refractivity contribution in [1.29, 1.82) is 0 Å². The van der Waals surface area contributed by atoms with Gasteiger partial charge in [-0.05, 0) is 32.8 Å². The summed E-state index contributed by atoms with van der Waals surface area (Å²) in [5, 5.41) is 7.98. The fourth-order valence-corrected chi connectivity index (χ4v) is 0.760. The third kappa shape index (κ3) is 4.55. The van der Waals surface area contributed by atoms with Gasteiger partial charge in [-0.1, -0.05) is 6.92 Å². The van der Waals surface area contributed by atoms with Gasteiger partial charge in [0.15, 0.2) is 5.78 Å². The largest absolute Gasteiger partial charge is 0.293 e. The molecule has 13 heavy (non-hydrogen) atoms. The second-order valence-electron chi connectivity index (χ2n) is 3.38. The van der Waals surface area contributed by atoms with Gasteiger partial charge in [0.2, 0.25) is 0 Å². The Kier molecular flexibility index (Phi) is 5.19. The topological polar surface area (TPSA) is 41.8 Å². The van der Waals surface area contributed by atoms with E-state index in [9.17, 15) is 4.79 Å². The standard InChI is InChI=1S/C10H18N2O/c1-6-8(4)11-12-10(7(2)3)9(5)13/h8H,6H2,1-5H3. The molecule has 1 unspecified atom stereocenters. The first kappa shape index (κ1) is 12.0. The monoisotopic (exact) mass is 182 g/mol. The maximum atomic E-state index is 11.1. The van der Waals surface area contributed by atoms with Gasteiger partial charge >= 0.3 is 0 Å². The van der Waals surface area contributed by atoms with Gasteiger partial charge in [-0.25, -0.2) is 0 Å². The van der Waals surface area contributed by atoms with E-state index in [4.69, 9.17) is 0 Å². The number of rotatable bonds is 4. The molecule has 0 bridgehead atoms. The van der Waals surface area contributed by atoms with Crippen LogP contribution in [-0.4, -0.2) is 11.8 Å². The first-order valence-corrected chi connectivity index (χ1v) is 4.58. The van der Waals surface area contributed by atoms with E-state index in [1.807, 2.05) is 27.7 Å². The highest BCUT2D eigenvalue weighted by Gasteiger charge is 2.04. The summed E-state index contributed by atoms with van der Waals surface area (Å²) in [6.45, 7) is 9.27. The second-order valence-corrected chi connectivity index (χ2v) is 3.38. The van der Waals surface area contributed by atoms with Crippen molar-refractivity contribution in [3.8, 4) is 0 Å². The fraction of sp³-hybridized carbons (Fsp3) is 0.700. The predicted molar refractivity (Wildman–Crippen MR) is 53.7 cm³/mol. The Bertz CT molecular complexity index is 237. The van der Waals surface area contributed by atoms with Crippen LogP contribution in [0, 0.1) is 0 Å². The van der Waals surface area contributed by atoms with E-state index in [-0.39, 0.29) is 11.8 Å². The third-order valence-electron chi connectivity index (χ3n) is 1.75. The van der Waals surface area contributed by atoms with E-state index in [0.29, 0.717) is 5.70 Å². The molecule has 74 valence electrons. The van der Waals surface area contributed by atoms with Crippen molar-refractivity contribution in [2.75, 3.05) is 0 Å². The van der Waals surface area contributed by atoms with Gasteiger partial charge < -0.3 is 0 Å². The maximum Gasteiger partial charge on any atom is 0.179 e. The zero-order chi connectivity index (χ0) is 10.4. The molecule has 0 saturated heterocycles. The minimum Gasteiger partial charge on any atom is -0.293 e.